The van der Waals surface area contributed by atoms with E-state index in [2.05, 4.69) is 72.6 Å². The third-order valence-electron chi connectivity index (χ3n) is 3.86. The highest BCUT2D eigenvalue weighted by atomic mass is 15.3. The van der Waals surface area contributed by atoms with Gasteiger partial charge in [0.25, 0.3) is 0 Å². The summed E-state index contributed by atoms with van der Waals surface area (Å²) in [7, 11) is 2.15. The second-order valence-corrected chi connectivity index (χ2v) is 6.15. The van der Waals surface area contributed by atoms with Crippen LogP contribution in [0.25, 0.3) is 0 Å². The summed E-state index contributed by atoms with van der Waals surface area (Å²) in [6.07, 6.45) is 0. The van der Waals surface area contributed by atoms with E-state index in [1.807, 2.05) is 6.92 Å². The molecule has 0 N–H and O–H groups in total. The number of nitrogens with zero attached hydrogens (tertiary/aromatic N) is 4. The molecule has 114 valence electrons. The molecule has 0 spiro atoms. The average Bonchev–Trinajstić information content (AvgIpc) is 2.66. The Morgan fingerprint density at radius 3 is 2.38 bits per heavy atom. The maximum absolute atomic E-state index is 4.62. The Hall–Kier alpha value is -1.68. The van der Waals surface area contributed by atoms with Crippen LogP contribution in [0.3, 0.4) is 0 Å². The third kappa shape index (κ3) is 4.14. The highest BCUT2D eigenvalue weighted by Gasteiger charge is 2.13. The van der Waals surface area contributed by atoms with E-state index in [9.17, 15) is 0 Å². The quantitative estimate of drug-likeness (QED) is 0.847. The Bertz CT molecular complexity index is 595. The van der Waals surface area contributed by atoms with Crippen LogP contribution in [0.1, 0.15) is 35.3 Å². The highest BCUT2D eigenvalue weighted by molar-refractivity contribution is 5.19. The van der Waals surface area contributed by atoms with E-state index < -0.39 is 0 Å². The van der Waals surface area contributed by atoms with E-state index in [0.717, 1.165) is 30.2 Å². The van der Waals surface area contributed by atoms with Crippen molar-refractivity contribution < 1.29 is 0 Å². The second kappa shape index (κ2) is 6.39. The fourth-order valence-corrected chi connectivity index (χ4v) is 2.67. The predicted octanol–water partition coefficient (Wildman–Crippen LogP) is 3.03. The molecule has 0 unspecified atom stereocenters. The van der Waals surface area contributed by atoms with Gasteiger partial charge in [-0.15, -0.1) is 0 Å². The summed E-state index contributed by atoms with van der Waals surface area (Å²) in [5.41, 5.74) is 5.80. The van der Waals surface area contributed by atoms with Crippen LogP contribution < -0.4 is 0 Å². The molecule has 0 aromatic carbocycles. The Kier molecular flexibility index (Phi) is 4.78. The number of aromatic nitrogens is 3. The molecule has 0 amide bonds. The van der Waals surface area contributed by atoms with Crippen LogP contribution in [0.15, 0.2) is 18.2 Å². The molecular formula is C17H26N4. The topological polar surface area (TPSA) is 34.0 Å². The molecule has 0 fully saturated rings. The lowest BCUT2D eigenvalue weighted by atomic mass is 10.2. The average molecular weight is 286 g/mol. The molecule has 0 aliphatic heterocycles. The Balaban J connectivity index is 2.02. The molecule has 2 rings (SSSR count). The number of hydrogen-bond acceptors (Lipinski definition) is 3. The summed E-state index contributed by atoms with van der Waals surface area (Å²) in [5.74, 6) is 0. The molecule has 0 radical (unpaired) electrons. The SMILES string of the molecule is Cc1cc(C)nc(CN(C)[C@H](C)Cn2nc(C)cc2C)c1. The van der Waals surface area contributed by atoms with E-state index in [1.54, 1.807) is 0 Å². The third-order valence-corrected chi connectivity index (χ3v) is 3.86. The Morgan fingerprint density at radius 2 is 1.81 bits per heavy atom. The van der Waals surface area contributed by atoms with Crippen molar-refractivity contribution in [2.45, 2.75) is 53.8 Å². The summed E-state index contributed by atoms with van der Waals surface area (Å²) in [5, 5.41) is 4.54. The van der Waals surface area contributed by atoms with Crippen LogP contribution in [-0.4, -0.2) is 32.8 Å². The van der Waals surface area contributed by atoms with Gasteiger partial charge in [-0.3, -0.25) is 14.6 Å². The van der Waals surface area contributed by atoms with Crippen molar-refractivity contribution in [1.82, 2.24) is 19.7 Å². The number of rotatable bonds is 5. The summed E-state index contributed by atoms with van der Waals surface area (Å²) in [4.78, 5) is 6.95. The van der Waals surface area contributed by atoms with Gasteiger partial charge in [-0.25, -0.2) is 0 Å². The van der Waals surface area contributed by atoms with Gasteiger partial charge in [0.2, 0.25) is 0 Å². The highest BCUT2D eigenvalue weighted by Crippen LogP contribution is 2.11. The van der Waals surface area contributed by atoms with Gasteiger partial charge in [0, 0.05) is 24.0 Å². The van der Waals surface area contributed by atoms with E-state index in [-0.39, 0.29) is 0 Å². The van der Waals surface area contributed by atoms with Crippen LogP contribution in [0.4, 0.5) is 0 Å². The summed E-state index contributed by atoms with van der Waals surface area (Å²) in [6, 6.07) is 6.81. The number of pyridine rings is 1. The molecule has 2 aromatic rings. The molecule has 21 heavy (non-hydrogen) atoms. The minimum atomic E-state index is 0.408. The van der Waals surface area contributed by atoms with Gasteiger partial charge >= 0.3 is 0 Å². The number of likely N-dealkylation sites (N-methyl/N-ethyl adjacent to an activating group) is 1. The molecular weight excluding hydrogens is 260 g/mol. The van der Waals surface area contributed by atoms with Crippen LogP contribution in [-0.2, 0) is 13.1 Å². The fourth-order valence-electron chi connectivity index (χ4n) is 2.67. The zero-order valence-corrected chi connectivity index (χ0v) is 14.0. The molecule has 0 saturated carbocycles. The normalized spacial score (nSPS) is 12.9. The van der Waals surface area contributed by atoms with E-state index in [0.29, 0.717) is 6.04 Å². The number of hydrogen-bond donors (Lipinski definition) is 0. The maximum atomic E-state index is 4.62. The number of aryl methyl sites for hydroxylation is 4. The zero-order valence-electron chi connectivity index (χ0n) is 14.0. The molecule has 4 nitrogen and oxygen atoms in total. The van der Waals surface area contributed by atoms with Gasteiger partial charge in [0.1, 0.15) is 0 Å². The van der Waals surface area contributed by atoms with Gasteiger partial charge in [-0.1, -0.05) is 0 Å². The van der Waals surface area contributed by atoms with Crippen LogP contribution in [0.2, 0.25) is 0 Å². The van der Waals surface area contributed by atoms with Crippen LogP contribution >= 0.6 is 0 Å². The first kappa shape index (κ1) is 15.7. The molecule has 2 heterocycles. The van der Waals surface area contributed by atoms with E-state index >= 15 is 0 Å². The first-order chi connectivity index (χ1) is 9.85. The van der Waals surface area contributed by atoms with Crippen molar-refractivity contribution >= 4 is 0 Å². The molecule has 1 atom stereocenters. The Morgan fingerprint density at radius 1 is 1.10 bits per heavy atom. The molecule has 0 aliphatic rings. The first-order valence-electron chi connectivity index (χ1n) is 7.50. The lowest BCUT2D eigenvalue weighted by molar-refractivity contribution is 0.218. The second-order valence-electron chi connectivity index (χ2n) is 6.15. The van der Waals surface area contributed by atoms with Crippen molar-refractivity contribution in [1.29, 1.82) is 0 Å². The molecule has 0 aliphatic carbocycles. The molecule has 2 aromatic heterocycles. The molecule has 0 bridgehead atoms. The Labute approximate surface area is 127 Å². The minimum absolute atomic E-state index is 0.408. The minimum Gasteiger partial charge on any atom is -0.296 e. The predicted molar refractivity (Wildman–Crippen MR) is 86.3 cm³/mol. The van der Waals surface area contributed by atoms with Gasteiger partial charge in [0.05, 0.1) is 17.9 Å². The fraction of sp³-hybridized carbons (Fsp3) is 0.529. The zero-order chi connectivity index (χ0) is 15.6. The molecule has 0 saturated heterocycles. The van der Waals surface area contributed by atoms with Crippen molar-refractivity contribution in [2.24, 2.45) is 0 Å². The van der Waals surface area contributed by atoms with E-state index in [1.165, 1.54) is 11.3 Å². The molecule has 4 heteroatoms. The summed E-state index contributed by atoms with van der Waals surface area (Å²) >= 11 is 0. The van der Waals surface area contributed by atoms with Crippen molar-refractivity contribution in [3.05, 3.63) is 46.5 Å². The largest absolute Gasteiger partial charge is 0.296 e. The smallest absolute Gasteiger partial charge is 0.0596 e. The lowest BCUT2D eigenvalue weighted by Gasteiger charge is -2.25. The lowest BCUT2D eigenvalue weighted by Crippen LogP contribution is -2.33. The monoisotopic (exact) mass is 286 g/mol. The van der Waals surface area contributed by atoms with Crippen molar-refractivity contribution in [2.75, 3.05) is 7.05 Å². The van der Waals surface area contributed by atoms with Gasteiger partial charge in [-0.2, -0.15) is 5.10 Å². The van der Waals surface area contributed by atoms with Crippen molar-refractivity contribution in [3.8, 4) is 0 Å². The van der Waals surface area contributed by atoms with Gasteiger partial charge in [0.15, 0.2) is 0 Å². The van der Waals surface area contributed by atoms with Crippen LogP contribution in [0, 0.1) is 27.7 Å². The van der Waals surface area contributed by atoms with Gasteiger partial charge in [-0.05, 0) is 65.4 Å². The van der Waals surface area contributed by atoms with Crippen molar-refractivity contribution in [3.63, 3.8) is 0 Å². The van der Waals surface area contributed by atoms with Crippen LogP contribution in [0.5, 0.6) is 0 Å². The maximum Gasteiger partial charge on any atom is 0.0596 e. The summed E-state index contributed by atoms with van der Waals surface area (Å²) < 4.78 is 2.09. The standard InChI is InChI=1S/C17H26N4/c1-12-7-13(2)18-17(8-12)11-20(6)16(5)10-21-15(4)9-14(3)19-21/h7-9,16H,10-11H2,1-6H3/t16-/m1/s1. The first-order valence-corrected chi connectivity index (χ1v) is 7.50. The summed E-state index contributed by atoms with van der Waals surface area (Å²) in [6.45, 7) is 12.3. The van der Waals surface area contributed by atoms with Gasteiger partial charge < -0.3 is 0 Å². The van der Waals surface area contributed by atoms with E-state index in [4.69, 9.17) is 0 Å².